The highest BCUT2D eigenvalue weighted by molar-refractivity contribution is 7.07. The largest absolute Gasteiger partial charge is 0.386 e. The Labute approximate surface area is 204 Å². The first-order chi connectivity index (χ1) is 16.4. The summed E-state index contributed by atoms with van der Waals surface area (Å²) in [6.07, 6.45) is 6.57. The zero-order valence-electron chi connectivity index (χ0n) is 19.3. The molecule has 0 aromatic carbocycles. The van der Waals surface area contributed by atoms with Gasteiger partial charge in [0, 0.05) is 38.6 Å². The van der Waals surface area contributed by atoms with Crippen LogP contribution in [-0.2, 0) is 9.59 Å². The molecule has 0 bridgehead atoms. The van der Waals surface area contributed by atoms with Gasteiger partial charge in [0.1, 0.15) is 24.3 Å². The maximum Gasteiger partial charge on any atom is 0.242 e. The van der Waals surface area contributed by atoms with Gasteiger partial charge in [-0.3, -0.25) is 14.6 Å². The average Bonchev–Trinajstić information content (AvgIpc) is 3.62. The van der Waals surface area contributed by atoms with Gasteiger partial charge in [-0.25, -0.2) is 0 Å². The number of aliphatic hydroxyl groups is 2. The first kappa shape index (κ1) is 26.2. The maximum absolute atomic E-state index is 12.1. The van der Waals surface area contributed by atoms with Gasteiger partial charge < -0.3 is 31.5 Å². The van der Waals surface area contributed by atoms with E-state index in [1.165, 1.54) is 17.8 Å². The van der Waals surface area contributed by atoms with Crippen LogP contribution < -0.4 is 11.5 Å². The molecule has 4 rings (SSSR count). The van der Waals surface area contributed by atoms with Crippen molar-refractivity contribution in [2.75, 3.05) is 26.2 Å². The van der Waals surface area contributed by atoms with E-state index in [9.17, 15) is 19.8 Å². The van der Waals surface area contributed by atoms with Crippen LogP contribution in [0.15, 0.2) is 41.4 Å². The number of rotatable bonds is 6. The molecule has 0 aliphatic carbocycles. The van der Waals surface area contributed by atoms with Crippen molar-refractivity contribution in [3.05, 3.63) is 52.5 Å². The Morgan fingerprint density at radius 1 is 0.794 bits per heavy atom. The lowest BCUT2D eigenvalue weighted by molar-refractivity contribution is -0.136. The molecule has 34 heavy (non-hydrogen) atoms. The molecule has 4 atom stereocenters. The predicted molar refractivity (Wildman–Crippen MR) is 131 cm³/mol. The molecule has 186 valence electrons. The van der Waals surface area contributed by atoms with Crippen LogP contribution >= 0.6 is 11.3 Å². The molecule has 6 N–H and O–H groups in total. The summed E-state index contributed by atoms with van der Waals surface area (Å²) >= 11 is 1.49. The molecular formula is C24H35N5O4S. The van der Waals surface area contributed by atoms with E-state index in [-0.39, 0.29) is 11.8 Å². The summed E-state index contributed by atoms with van der Waals surface area (Å²) < 4.78 is 0. The van der Waals surface area contributed by atoms with E-state index in [0.29, 0.717) is 5.56 Å². The van der Waals surface area contributed by atoms with E-state index < -0.39 is 24.3 Å². The third-order valence-corrected chi connectivity index (χ3v) is 6.97. The van der Waals surface area contributed by atoms with Crippen molar-refractivity contribution in [3.8, 4) is 0 Å². The molecule has 0 radical (unpaired) electrons. The second-order valence-corrected chi connectivity index (χ2v) is 9.48. The third-order valence-electron chi connectivity index (χ3n) is 6.27. The molecule has 2 aliphatic rings. The fraction of sp³-hybridized carbons (Fsp3) is 0.542. The third kappa shape index (κ3) is 6.83. The number of carbonyl (C=O) groups excluding carboxylic acids is 2. The lowest BCUT2D eigenvalue weighted by Crippen LogP contribution is -2.48. The molecule has 2 aromatic rings. The van der Waals surface area contributed by atoms with Crippen LogP contribution in [0.25, 0.3) is 0 Å². The van der Waals surface area contributed by atoms with Gasteiger partial charge in [-0.2, -0.15) is 11.3 Å². The molecule has 0 spiro atoms. The van der Waals surface area contributed by atoms with Gasteiger partial charge in [0.05, 0.1) is 0 Å². The topological polar surface area (TPSA) is 146 Å². The predicted octanol–water partition coefficient (Wildman–Crippen LogP) is 1.19. The Morgan fingerprint density at radius 3 is 1.74 bits per heavy atom. The molecule has 2 fully saturated rings. The van der Waals surface area contributed by atoms with Crippen LogP contribution in [0.2, 0.25) is 0 Å². The second-order valence-electron chi connectivity index (χ2n) is 8.70. The van der Waals surface area contributed by atoms with Gasteiger partial charge in [0.25, 0.3) is 0 Å². The lowest BCUT2D eigenvalue weighted by atomic mass is 10.0. The number of nitrogens with two attached hydrogens (primary N) is 2. The minimum Gasteiger partial charge on any atom is -0.386 e. The van der Waals surface area contributed by atoms with Gasteiger partial charge >= 0.3 is 0 Å². The van der Waals surface area contributed by atoms with Gasteiger partial charge in [0.2, 0.25) is 11.8 Å². The van der Waals surface area contributed by atoms with E-state index in [1.807, 2.05) is 10.8 Å². The molecule has 4 heterocycles. The van der Waals surface area contributed by atoms with E-state index in [1.54, 1.807) is 40.4 Å². The summed E-state index contributed by atoms with van der Waals surface area (Å²) in [5.41, 5.74) is 13.0. The lowest BCUT2D eigenvalue weighted by Gasteiger charge is -2.30. The molecule has 0 saturated carbocycles. The Hall–Kier alpha value is -2.37. The SMILES string of the molecule is N[C@@H](C(=O)N1CCCC1)[C@@H](O)c1ccncc1.N[C@@H](C(=O)N1CCCCC1)[C@@H](O)c1ccsc1. The number of amides is 2. The number of piperidine rings is 1. The number of likely N-dealkylation sites (tertiary alicyclic amines) is 2. The monoisotopic (exact) mass is 489 g/mol. The van der Waals surface area contributed by atoms with Crippen molar-refractivity contribution in [1.29, 1.82) is 0 Å². The molecule has 2 amide bonds. The van der Waals surface area contributed by atoms with E-state index in [0.717, 1.165) is 57.4 Å². The van der Waals surface area contributed by atoms with Gasteiger partial charge in [-0.05, 0) is 72.2 Å². The van der Waals surface area contributed by atoms with Crippen LogP contribution in [0.1, 0.15) is 55.4 Å². The average molecular weight is 490 g/mol. The molecule has 2 saturated heterocycles. The van der Waals surface area contributed by atoms with Crippen molar-refractivity contribution in [1.82, 2.24) is 14.8 Å². The van der Waals surface area contributed by atoms with Crippen LogP contribution in [0.5, 0.6) is 0 Å². The minimum absolute atomic E-state index is 0.136. The van der Waals surface area contributed by atoms with Gasteiger partial charge in [0.15, 0.2) is 0 Å². The fourth-order valence-corrected chi connectivity index (χ4v) is 4.85. The highest BCUT2D eigenvalue weighted by Gasteiger charge is 2.30. The van der Waals surface area contributed by atoms with Crippen molar-refractivity contribution in [3.63, 3.8) is 0 Å². The number of pyridine rings is 1. The number of hydrogen-bond acceptors (Lipinski definition) is 8. The quantitative estimate of drug-likeness (QED) is 0.477. The van der Waals surface area contributed by atoms with Crippen molar-refractivity contribution >= 4 is 23.2 Å². The Morgan fingerprint density at radius 2 is 1.26 bits per heavy atom. The molecule has 9 nitrogen and oxygen atoms in total. The molecule has 2 aromatic heterocycles. The Kier molecular flexibility index (Phi) is 9.97. The fourth-order valence-electron chi connectivity index (χ4n) is 4.16. The standard InChI is InChI=1S/C12H17N3O2.C12H18N2O2S/c13-10(12(17)15-7-1-2-8-15)11(16)9-3-5-14-6-4-9;13-10(11(15)9-4-7-17-8-9)12(16)14-5-2-1-3-6-14/h3-6,10-11,16H,1-2,7-8,13H2;4,7-8,10-11,15H,1-3,5-6,13H2/t2*10-,11+/m11/s1. The van der Waals surface area contributed by atoms with E-state index >= 15 is 0 Å². The van der Waals surface area contributed by atoms with Crippen LogP contribution in [-0.4, -0.2) is 75.1 Å². The highest BCUT2D eigenvalue weighted by Crippen LogP contribution is 2.21. The summed E-state index contributed by atoms with van der Waals surface area (Å²) in [5, 5.41) is 23.7. The zero-order chi connectivity index (χ0) is 24.5. The zero-order valence-corrected chi connectivity index (χ0v) is 20.1. The normalized spacial score (nSPS) is 19.5. The smallest absolute Gasteiger partial charge is 0.242 e. The number of aliphatic hydroxyl groups excluding tert-OH is 2. The van der Waals surface area contributed by atoms with Crippen molar-refractivity contribution in [2.45, 2.75) is 56.4 Å². The summed E-state index contributed by atoms with van der Waals surface area (Å²) in [4.78, 5) is 31.4. The summed E-state index contributed by atoms with van der Waals surface area (Å²) in [6, 6.07) is 3.40. The summed E-state index contributed by atoms with van der Waals surface area (Å²) in [7, 11) is 0. The number of aromatic nitrogens is 1. The van der Waals surface area contributed by atoms with Crippen LogP contribution in [0.3, 0.4) is 0 Å². The molecular weight excluding hydrogens is 454 g/mol. The summed E-state index contributed by atoms with van der Waals surface area (Å²) in [5.74, 6) is -0.310. The maximum atomic E-state index is 12.1. The Bertz CT molecular complexity index is 886. The minimum atomic E-state index is -0.967. The van der Waals surface area contributed by atoms with Crippen molar-refractivity contribution < 1.29 is 19.8 Å². The van der Waals surface area contributed by atoms with Crippen LogP contribution in [0.4, 0.5) is 0 Å². The van der Waals surface area contributed by atoms with Crippen LogP contribution in [0, 0.1) is 0 Å². The first-order valence-corrected chi connectivity index (χ1v) is 12.7. The van der Waals surface area contributed by atoms with Gasteiger partial charge in [-0.15, -0.1) is 0 Å². The number of thiophene rings is 1. The second kappa shape index (κ2) is 12.9. The molecule has 0 unspecified atom stereocenters. The van der Waals surface area contributed by atoms with Gasteiger partial charge in [-0.1, -0.05) is 0 Å². The molecule has 2 aliphatic heterocycles. The molecule has 10 heteroatoms. The number of hydrogen-bond donors (Lipinski definition) is 4. The van der Waals surface area contributed by atoms with E-state index in [2.05, 4.69) is 4.98 Å². The highest BCUT2D eigenvalue weighted by atomic mass is 32.1. The van der Waals surface area contributed by atoms with E-state index in [4.69, 9.17) is 11.5 Å². The Balaban J connectivity index is 0.000000191. The number of carbonyl (C=O) groups is 2. The first-order valence-electron chi connectivity index (χ1n) is 11.8. The summed E-state index contributed by atoms with van der Waals surface area (Å²) in [6.45, 7) is 3.02. The van der Waals surface area contributed by atoms with Crippen molar-refractivity contribution in [2.24, 2.45) is 11.5 Å². The number of nitrogens with zero attached hydrogens (tertiary/aromatic N) is 3.